The van der Waals surface area contributed by atoms with Gasteiger partial charge in [-0.25, -0.2) is 15.0 Å². The lowest BCUT2D eigenvalue weighted by Crippen LogP contribution is -2.47. The van der Waals surface area contributed by atoms with Crippen LogP contribution in [0.25, 0.3) is 22.1 Å². The summed E-state index contributed by atoms with van der Waals surface area (Å²) in [5, 5.41) is 5.13. The van der Waals surface area contributed by atoms with Crippen LogP contribution in [0.15, 0.2) is 37.1 Å². The van der Waals surface area contributed by atoms with Gasteiger partial charge >= 0.3 is 0 Å². The highest BCUT2D eigenvalue weighted by Gasteiger charge is 2.22. The molecule has 1 fully saturated rings. The van der Waals surface area contributed by atoms with Crippen LogP contribution in [0.3, 0.4) is 0 Å². The number of pyridine rings is 1. The molecule has 0 saturated carbocycles. The summed E-state index contributed by atoms with van der Waals surface area (Å²) in [6.45, 7) is 6.28. The highest BCUT2D eigenvalue weighted by atomic mass is 35.5. The van der Waals surface area contributed by atoms with E-state index in [2.05, 4.69) is 41.1 Å². The molecule has 172 valence electrons. The van der Waals surface area contributed by atoms with Crippen molar-refractivity contribution in [3.8, 4) is 0 Å². The Hall–Kier alpha value is -3.01. The Labute approximate surface area is 197 Å². The number of fused-ring (bicyclic) bond motifs is 2. The van der Waals surface area contributed by atoms with Crippen LogP contribution in [0.2, 0.25) is 5.02 Å². The van der Waals surface area contributed by atoms with Gasteiger partial charge < -0.3 is 19.9 Å². The lowest BCUT2D eigenvalue weighted by atomic mass is 10.0. The van der Waals surface area contributed by atoms with Gasteiger partial charge in [-0.05, 0) is 30.2 Å². The van der Waals surface area contributed by atoms with Crippen molar-refractivity contribution < 1.29 is 4.74 Å². The Bertz CT molecular complexity index is 1240. The quantitative estimate of drug-likeness (QED) is 0.409. The van der Waals surface area contributed by atoms with E-state index < -0.39 is 0 Å². The number of rotatable bonds is 8. The fourth-order valence-corrected chi connectivity index (χ4v) is 4.69. The molecule has 5 rings (SSSR count). The number of ether oxygens (including phenoxy) is 1. The maximum Gasteiger partial charge on any atom is 0.162 e. The molecule has 1 aliphatic heterocycles. The monoisotopic (exact) mass is 466 g/mol. The predicted molar refractivity (Wildman–Crippen MR) is 131 cm³/mol. The van der Waals surface area contributed by atoms with Gasteiger partial charge in [-0.1, -0.05) is 11.6 Å². The smallest absolute Gasteiger partial charge is 0.162 e. The first-order valence-corrected chi connectivity index (χ1v) is 11.5. The van der Waals surface area contributed by atoms with E-state index in [1.165, 1.54) is 17.6 Å². The zero-order valence-corrected chi connectivity index (χ0v) is 19.3. The van der Waals surface area contributed by atoms with E-state index in [9.17, 15) is 0 Å². The molecule has 0 atom stereocenters. The van der Waals surface area contributed by atoms with E-state index in [4.69, 9.17) is 21.3 Å². The Morgan fingerprint density at radius 2 is 2.00 bits per heavy atom. The molecule has 1 saturated heterocycles. The average molecular weight is 467 g/mol. The van der Waals surface area contributed by atoms with E-state index in [1.54, 1.807) is 13.4 Å². The number of imidazole rings is 1. The summed E-state index contributed by atoms with van der Waals surface area (Å²) in [6.07, 6.45) is 5.79. The number of hydrogen-bond donors (Lipinski definition) is 2. The molecule has 33 heavy (non-hydrogen) atoms. The van der Waals surface area contributed by atoms with Gasteiger partial charge in [-0.2, -0.15) is 0 Å². The van der Waals surface area contributed by atoms with Gasteiger partial charge in [0.1, 0.15) is 11.8 Å². The van der Waals surface area contributed by atoms with Gasteiger partial charge in [0, 0.05) is 58.0 Å². The van der Waals surface area contributed by atoms with Crippen molar-refractivity contribution in [1.29, 1.82) is 0 Å². The number of benzene rings is 1. The summed E-state index contributed by atoms with van der Waals surface area (Å²) >= 11 is 6.68. The lowest BCUT2D eigenvalue weighted by molar-refractivity contribution is 0.144. The largest absolute Gasteiger partial charge is 0.383 e. The van der Waals surface area contributed by atoms with Crippen molar-refractivity contribution in [3.63, 3.8) is 0 Å². The van der Waals surface area contributed by atoms with Crippen LogP contribution in [0.1, 0.15) is 5.56 Å². The molecule has 0 unspecified atom stereocenters. The third-order valence-electron chi connectivity index (χ3n) is 6.10. The first-order chi connectivity index (χ1) is 16.2. The second kappa shape index (κ2) is 9.86. The van der Waals surface area contributed by atoms with Crippen LogP contribution < -0.4 is 10.2 Å². The molecule has 9 nitrogen and oxygen atoms in total. The van der Waals surface area contributed by atoms with Crippen molar-refractivity contribution in [1.82, 2.24) is 29.8 Å². The second-order valence-electron chi connectivity index (χ2n) is 8.09. The van der Waals surface area contributed by atoms with Gasteiger partial charge in [-0.15, -0.1) is 0 Å². The number of piperazine rings is 1. The molecule has 0 amide bonds. The molecule has 2 N–H and O–H groups in total. The number of anilines is 2. The average Bonchev–Trinajstić information content (AvgIpc) is 3.33. The molecular formula is C23H27ClN8O. The number of nitrogens with one attached hydrogen (secondary N) is 2. The Morgan fingerprint density at radius 3 is 2.85 bits per heavy atom. The van der Waals surface area contributed by atoms with E-state index in [0.717, 1.165) is 78.7 Å². The number of nitrogens with zero attached hydrogens (tertiary/aromatic N) is 6. The van der Waals surface area contributed by atoms with Gasteiger partial charge in [-0.3, -0.25) is 9.88 Å². The van der Waals surface area contributed by atoms with Gasteiger partial charge in [0.15, 0.2) is 11.5 Å². The SMILES string of the molecule is COCCN1CCN(c2c(CCNc3ncnc4[nH]cnc34)cc(Cl)c3cccnc23)CC1. The predicted octanol–water partition coefficient (Wildman–Crippen LogP) is 2.98. The number of H-pyrrole nitrogens is 1. The molecule has 10 heteroatoms. The molecule has 0 radical (unpaired) electrons. The van der Waals surface area contributed by atoms with Crippen molar-refractivity contribution in [2.24, 2.45) is 0 Å². The van der Waals surface area contributed by atoms with E-state index in [0.29, 0.717) is 6.54 Å². The number of halogens is 1. The van der Waals surface area contributed by atoms with Gasteiger partial charge in [0.25, 0.3) is 0 Å². The van der Waals surface area contributed by atoms with Crippen LogP contribution in [0.4, 0.5) is 11.5 Å². The summed E-state index contributed by atoms with van der Waals surface area (Å²) in [5.74, 6) is 0.722. The lowest BCUT2D eigenvalue weighted by Gasteiger charge is -2.37. The van der Waals surface area contributed by atoms with Crippen LogP contribution in [-0.4, -0.2) is 82.8 Å². The fraction of sp³-hybridized carbons (Fsp3) is 0.391. The van der Waals surface area contributed by atoms with Gasteiger partial charge in [0.2, 0.25) is 0 Å². The van der Waals surface area contributed by atoms with Crippen LogP contribution in [-0.2, 0) is 11.2 Å². The standard InChI is InChI=1S/C23H27ClN8O/c1-33-12-11-31-7-9-32(10-8-31)21-16(13-18(24)17-3-2-5-25-19(17)21)4-6-26-22-20-23(28-14-27-20)30-15-29-22/h2-3,5,13-15H,4,6-12H2,1H3,(H2,26,27,28,29,30). The minimum Gasteiger partial charge on any atom is -0.383 e. The third kappa shape index (κ3) is 4.57. The molecule has 4 heterocycles. The summed E-state index contributed by atoms with van der Waals surface area (Å²) in [5.41, 5.74) is 4.77. The van der Waals surface area contributed by atoms with E-state index in [-0.39, 0.29) is 0 Å². The van der Waals surface area contributed by atoms with E-state index in [1.807, 2.05) is 18.3 Å². The van der Waals surface area contributed by atoms with Crippen molar-refractivity contribution in [2.45, 2.75) is 6.42 Å². The minimum atomic E-state index is 0.689. The Balaban J connectivity index is 1.39. The third-order valence-corrected chi connectivity index (χ3v) is 6.41. The zero-order valence-electron chi connectivity index (χ0n) is 18.6. The summed E-state index contributed by atoms with van der Waals surface area (Å²) in [7, 11) is 1.75. The van der Waals surface area contributed by atoms with Gasteiger partial charge in [0.05, 0.1) is 29.2 Å². The summed E-state index contributed by atoms with van der Waals surface area (Å²) in [6, 6.07) is 6.07. The first kappa shape index (κ1) is 21.8. The molecule has 0 aliphatic carbocycles. The second-order valence-corrected chi connectivity index (χ2v) is 8.49. The van der Waals surface area contributed by atoms with Crippen LogP contribution >= 0.6 is 11.6 Å². The molecule has 0 spiro atoms. The highest BCUT2D eigenvalue weighted by molar-refractivity contribution is 6.36. The molecule has 0 bridgehead atoms. The van der Waals surface area contributed by atoms with Crippen molar-refractivity contribution in [3.05, 3.63) is 47.6 Å². The Kier molecular flexibility index (Phi) is 6.52. The number of aromatic nitrogens is 5. The number of hydrogen-bond acceptors (Lipinski definition) is 8. The highest BCUT2D eigenvalue weighted by Crippen LogP contribution is 2.35. The minimum absolute atomic E-state index is 0.689. The summed E-state index contributed by atoms with van der Waals surface area (Å²) < 4.78 is 5.25. The number of methoxy groups -OCH3 is 1. The molecule has 4 aromatic rings. The molecule has 1 aliphatic rings. The maximum absolute atomic E-state index is 6.68. The zero-order chi connectivity index (χ0) is 22.6. The maximum atomic E-state index is 6.68. The fourth-order valence-electron chi connectivity index (χ4n) is 4.41. The van der Waals surface area contributed by atoms with Crippen molar-refractivity contribution >= 4 is 45.2 Å². The topological polar surface area (TPSA) is 95.1 Å². The molecule has 3 aromatic heterocycles. The van der Waals surface area contributed by atoms with Crippen LogP contribution in [0, 0.1) is 0 Å². The summed E-state index contributed by atoms with van der Waals surface area (Å²) in [4.78, 5) is 25.5. The van der Waals surface area contributed by atoms with E-state index >= 15 is 0 Å². The molecular weight excluding hydrogens is 440 g/mol. The van der Waals surface area contributed by atoms with Crippen molar-refractivity contribution in [2.75, 3.05) is 63.2 Å². The number of aromatic amines is 1. The normalized spacial score (nSPS) is 14.9. The Morgan fingerprint density at radius 1 is 1.12 bits per heavy atom. The van der Waals surface area contributed by atoms with Crippen LogP contribution in [0.5, 0.6) is 0 Å². The first-order valence-electron chi connectivity index (χ1n) is 11.1. The molecule has 1 aromatic carbocycles.